The molecule has 8 heteroatoms. The first-order valence-corrected chi connectivity index (χ1v) is 6.82. The molecule has 2 aromatic rings. The number of aryl methyl sites for hydroxylation is 1. The van der Waals surface area contributed by atoms with Crippen LogP contribution in [0.2, 0.25) is 0 Å². The summed E-state index contributed by atoms with van der Waals surface area (Å²) in [7, 11) is 0. The van der Waals surface area contributed by atoms with Gasteiger partial charge in [0.15, 0.2) is 11.8 Å². The highest BCUT2D eigenvalue weighted by atomic mass is 19.4. The maximum Gasteiger partial charge on any atom is 0.410 e. The van der Waals surface area contributed by atoms with Crippen molar-refractivity contribution < 1.29 is 27.2 Å². The SMILES string of the molecule is CCOC(=O)c1ccccc1-c1c(C)noc1C(N)C(F)(F)F. The minimum Gasteiger partial charge on any atom is -0.462 e. The second-order valence-corrected chi connectivity index (χ2v) is 4.79. The predicted octanol–water partition coefficient (Wildman–Crippen LogP) is 3.39. The van der Waals surface area contributed by atoms with E-state index in [2.05, 4.69) is 5.16 Å². The van der Waals surface area contributed by atoms with Gasteiger partial charge in [-0.1, -0.05) is 23.4 Å². The molecule has 124 valence electrons. The Balaban J connectivity index is 2.60. The smallest absolute Gasteiger partial charge is 0.410 e. The van der Waals surface area contributed by atoms with Crippen molar-refractivity contribution >= 4 is 5.97 Å². The van der Waals surface area contributed by atoms with Gasteiger partial charge < -0.3 is 15.0 Å². The number of hydrogen-bond donors (Lipinski definition) is 1. The Labute approximate surface area is 130 Å². The van der Waals surface area contributed by atoms with Crippen molar-refractivity contribution in [3.05, 3.63) is 41.3 Å². The molecule has 0 bridgehead atoms. The van der Waals surface area contributed by atoms with Crippen LogP contribution in [0.5, 0.6) is 0 Å². The molecule has 0 amide bonds. The molecule has 0 saturated heterocycles. The van der Waals surface area contributed by atoms with Gasteiger partial charge in [0.2, 0.25) is 0 Å². The summed E-state index contributed by atoms with van der Waals surface area (Å²) in [6.45, 7) is 3.26. The van der Waals surface area contributed by atoms with Crippen LogP contribution in [0.3, 0.4) is 0 Å². The highest BCUT2D eigenvalue weighted by Crippen LogP contribution is 2.39. The van der Waals surface area contributed by atoms with Crippen LogP contribution in [-0.2, 0) is 4.74 Å². The van der Waals surface area contributed by atoms with Crippen molar-refractivity contribution in [1.29, 1.82) is 0 Å². The van der Waals surface area contributed by atoms with E-state index in [1.54, 1.807) is 19.1 Å². The zero-order chi connectivity index (χ0) is 17.2. The van der Waals surface area contributed by atoms with E-state index in [0.29, 0.717) is 0 Å². The highest BCUT2D eigenvalue weighted by molar-refractivity contribution is 5.97. The van der Waals surface area contributed by atoms with Gasteiger partial charge in [0, 0.05) is 5.56 Å². The molecular weight excluding hydrogens is 313 g/mol. The van der Waals surface area contributed by atoms with Crippen LogP contribution in [0.15, 0.2) is 28.8 Å². The summed E-state index contributed by atoms with van der Waals surface area (Å²) in [6.07, 6.45) is -4.69. The van der Waals surface area contributed by atoms with Gasteiger partial charge in [0.1, 0.15) is 0 Å². The third-order valence-corrected chi connectivity index (χ3v) is 3.22. The van der Waals surface area contributed by atoms with Crippen LogP contribution in [0.25, 0.3) is 11.1 Å². The Morgan fingerprint density at radius 3 is 2.65 bits per heavy atom. The lowest BCUT2D eigenvalue weighted by molar-refractivity contribution is -0.153. The largest absolute Gasteiger partial charge is 0.462 e. The maximum atomic E-state index is 12.9. The Bertz CT molecular complexity index is 710. The quantitative estimate of drug-likeness (QED) is 0.870. The molecule has 1 atom stereocenters. The Kier molecular flexibility index (Phi) is 4.74. The second-order valence-electron chi connectivity index (χ2n) is 4.79. The number of nitrogens with two attached hydrogens (primary N) is 1. The zero-order valence-electron chi connectivity index (χ0n) is 12.5. The van der Waals surface area contributed by atoms with Crippen LogP contribution in [-0.4, -0.2) is 23.9 Å². The molecule has 1 heterocycles. The summed E-state index contributed by atoms with van der Waals surface area (Å²) < 4.78 is 48.5. The Hall–Kier alpha value is -2.35. The standard InChI is InChI=1S/C15H15F3N2O3/c1-3-22-14(21)10-7-5-4-6-9(10)11-8(2)20-23-12(11)13(19)15(16,17)18/h4-7,13H,3,19H2,1-2H3. The number of benzene rings is 1. The monoisotopic (exact) mass is 328 g/mol. The molecule has 1 aromatic carbocycles. The average Bonchev–Trinajstić information content (AvgIpc) is 2.87. The van der Waals surface area contributed by atoms with Crippen LogP contribution in [0.1, 0.15) is 34.8 Å². The molecule has 0 aliphatic heterocycles. The summed E-state index contributed by atoms with van der Waals surface area (Å²) in [5.74, 6) is -1.18. The molecular formula is C15H15F3N2O3. The predicted molar refractivity (Wildman–Crippen MR) is 75.6 cm³/mol. The third kappa shape index (κ3) is 3.37. The number of aromatic nitrogens is 1. The first-order valence-electron chi connectivity index (χ1n) is 6.82. The Morgan fingerprint density at radius 1 is 1.39 bits per heavy atom. The van der Waals surface area contributed by atoms with E-state index in [1.165, 1.54) is 19.1 Å². The van der Waals surface area contributed by atoms with Gasteiger partial charge in [-0.15, -0.1) is 0 Å². The van der Waals surface area contributed by atoms with Gasteiger partial charge in [-0.2, -0.15) is 13.2 Å². The van der Waals surface area contributed by atoms with Gasteiger partial charge in [0.05, 0.1) is 23.4 Å². The molecule has 0 saturated carbocycles. The van der Waals surface area contributed by atoms with Gasteiger partial charge in [-0.25, -0.2) is 4.79 Å². The molecule has 5 nitrogen and oxygen atoms in total. The number of alkyl halides is 3. The fraction of sp³-hybridized carbons (Fsp3) is 0.333. The van der Waals surface area contributed by atoms with Crippen molar-refractivity contribution in [2.24, 2.45) is 5.73 Å². The first kappa shape index (κ1) is 17.0. The average molecular weight is 328 g/mol. The van der Waals surface area contributed by atoms with E-state index in [0.717, 1.165) is 0 Å². The zero-order valence-corrected chi connectivity index (χ0v) is 12.5. The van der Waals surface area contributed by atoms with E-state index in [-0.39, 0.29) is 29.0 Å². The number of rotatable bonds is 4. The minimum atomic E-state index is -4.69. The number of nitrogens with zero attached hydrogens (tertiary/aromatic N) is 1. The van der Waals surface area contributed by atoms with Crippen LogP contribution in [0.4, 0.5) is 13.2 Å². The summed E-state index contributed by atoms with van der Waals surface area (Å²) in [4.78, 5) is 12.0. The molecule has 0 aliphatic rings. The number of carbonyl (C=O) groups is 1. The third-order valence-electron chi connectivity index (χ3n) is 3.22. The molecule has 2 rings (SSSR count). The van der Waals surface area contributed by atoms with Crippen molar-refractivity contribution in [3.8, 4) is 11.1 Å². The molecule has 23 heavy (non-hydrogen) atoms. The summed E-state index contributed by atoms with van der Waals surface area (Å²) in [5, 5.41) is 3.57. The molecule has 0 fully saturated rings. The molecule has 1 aromatic heterocycles. The molecule has 0 aliphatic carbocycles. The van der Waals surface area contributed by atoms with Crippen molar-refractivity contribution in [2.45, 2.75) is 26.1 Å². The van der Waals surface area contributed by atoms with E-state index >= 15 is 0 Å². The van der Waals surface area contributed by atoms with Crippen LogP contribution >= 0.6 is 0 Å². The number of ether oxygens (including phenoxy) is 1. The van der Waals surface area contributed by atoms with Crippen molar-refractivity contribution in [3.63, 3.8) is 0 Å². The van der Waals surface area contributed by atoms with E-state index in [1.807, 2.05) is 0 Å². The fourth-order valence-corrected chi connectivity index (χ4v) is 2.16. The van der Waals surface area contributed by atoms with E-state index < -0.39 is 23.9 Å². The summed E-state index contributed by atoms with van der Waals surface area (Å²) >= 11 is 0. The van der Waals surface area contributed by atoms with Crippen LogP contribution < -0.4 is 5.73 Å². The van der Waals surface area contributed by atoms with Crippen LogP contribution in [0, 0.1) is 6.92 Å². The lowest BCUT2D eigenvalue weighted by Gasteiger charge is -2.15. The number of hydrogen-bond acceptors (Lipinski definition) is 5. The normalized spacial score (nSPS) is 13.0. The number of halogens is 3. The second kappa shape index (κ2) is 6.41. The van der Waals surface area contributed by atoms with Gasteiger partial charge in [0.25, 0.3) is 0 Å². The van der Waals surface area contributed by atoms with Crippen molar-refractivity contribution in [2.75, 3.05) is 6.61 Å². The molecule has 0 spiro atoms. The number of carbonyl (C=O) groups excluding carboxylic acids is 1. The molecule has 0 radical (unpaired) electrons. The van der Waals surface area contributed by atoms with Gasteiger partial charge in [-0.05, 0) is 19.9 Å². The topological polar surface area (TPSA) is 78.3 Å². The summed E-state index contributed by atoms with van der Waals surface area (Å²) in [6, 6.07) is 3.80. The molecule has 2 N–H and O–H groups in total. The number of esters is 1. The van der Waals surface area contributed by atoms with Crippen molar-refractivity contribution in [1.82, 2.24) is 5.16 Å². The lowest BCUT2D eigenvalue weighted by atomic mass is 9.96. The van der Waals surface area contributed by atoms with Gasteiger partial charge in [-0.3, -0.25) is 0 Å². The lowest BCUT2D eigenvalue weighted by Crippen LogP contribution is -2.28. The van der Waals surface area contributed by atoms with E-state index in [9.17, 15) is 18.0 Å². The summed E-state index contributed by atoms with van der Waals surface area (Å²) in [5.41, 5.74) is 5.85. The highest BCUT2D eigenvalue weighted by Gasteiger charge is 2.42. The molecule has 1 unspecified atom stereocenters. The minimum absolute atomic E-state index is 0.0541. The fourth-order valence-electron chi connectivity index (χ4n) is 2.16. The first-order chi connectivity index (χ1) is 10.8. The van der Waals surface area contributed by atoms with E-state index in [4.69, 9.17) is 15.0 Å². The van der Waals surface area contributed by atoms with Gasteiger partial charge >= 0.3 is 12.1 Å². The Morgan fingerprint density at radius 2 is 2.04 bits per heavy atom. The maximum absolute atomic E-state index is 12.9.